The Bertz CT molecular complexity index is 754. The lowest BCUT2D eigenvalue weighted by atomic mass is 10.1. The van der Waals surface area contributed by atoms with Crippen molar-refractivity contribution in [3.63, 3.8) is 0 Å². The third-order valence-corrected chi connectivity index (χ3v) is 4.28. The van der Waals surface area contributed by atoms with Crippen LogP contribution in [0.2, 0.25) is 0 Å². The van der Waals surface area contributed by atoms with Crippen LogP contribution >= 0.6 is 15.9 Å². The van der Waals surface area contributed by atoms with Gasteiger partial charge in [-0.25, -0.2) is 0 Å². The Morgan fingerprint density at radius 2 is 2.00 bits per heavy atom. The van der Waals surface area contributed by atoms with Crippen molar-refractivity contribution in [2.75, 3.05) is 0 Å². The van der Waals surface area contributed by atoms with Gasteiger partial charge >= 0.3 is 0 Å². The maximum Gasteiger partial charge on any atom is 0.109 e. The second-order valence-corrected chi connectivity index (χ2v) is 5.40. The Labute approximate surface area is 119 Å². The highest BCUT2D eigenvalue weighted by molar-refractivity contribution is 9.10. The number of benzene rings is 1. The van der Waals surface area contributed by atoms with E-state index in [0.717, 1.165) is 21.4 Å². The number of hydrogen-bond acceptors (Lipinski definition) is 2. The van der Waals surface area contributed by atoms with Gasteiger partial charge < -0.3 is 10.3 Å². The Morgan fingerprint density at radius 1 is 1.26 bits per heavy atom. The first-order valence-electron chi connectivity index (χ1n) is 6.09. The predicted octanol–water partition coefficient (Wildman–Crippen LogP) is 2.80. The fourth-order valence-electron chi connectivity index (χ4n) is 2.46. The van der Waals surface area contributed by atoms with Gasteiger partial charge in [0.1, 0.15) is 5.69 Å². The summed E-state index contributed by atoms with van der Waals surface area (Å²) in [5, 5.41) is 5.79. The van der Waals surface area contributed by atoms with E-state index in [4.69, 9.17) is 5.73 Å². The van der Waals surface area contributed by atoms with Gasteiger partial charge in [-0.3, -0.25) is 4.68 Å². The van der Waals surface area contributed by atoms with Crippen LogP contribution in [0.15, 0.2) is 34.9 Å². The van der Waals surface area contributed by atoms with Crippen molar-refractivity contribution in [2.45, 2.75) is 6.54 Å². The predicted molar refractivity (Wildman–Crippen MR) is 80.7 cm³/mol. The molecule has 0 bridgehead atoms. The summed E-state index contributed by atoms with van der Waals surface area (Å²) in [6.45, 7) is 0.467. The zero-order chi connectivity index (χ0) is 13.6. The second kappa shape index (κ2) is 4.51. The average molecular weight is 319 g/mol. The molecule has 0 aliphatic carbocycles. The molecule has 98 valence electrons. The van der Waals surface area contributed by atoms with Crippen molar-refractivity contribution in [1.82, 2.24) is 14.3 Å². The second-order valence-electron chi connectivity index (χ2n) is 4.61. The van der Waals surface area contributed by atoms with Crippen LogP contribution in [0.4, 0.5) is 0 Å². The molecule has 2 N–H and O–H groups in total. The SMILES string of the molecule is Cn1nc(-c2cn(C)c3ccccc23)c(Br)c1CN. The van der Waals surface area contributed by atoms with Crippen LogP contribution in [-0.2, 0) is 20.6 Å². The maximum atomic E-state index is 5.76. The minimum Gasteiger partial charge on any atom is -0.350 e. The summed E-state index contributed by atoms with van der Waals surface area (Å²) in [6.07, 6.45) is 2.11. The molecule has 3 rings (SSSR count). The van der Waals surface area contributed by atoms with Crippen LogP contribution in [-0.4, -0.2) is 14.3 Å². The van der Waals surface area contributed by atoms with Crippen molar-refractivity contribution < 1.29 is 0 Å². The van der Waals surface area contributed by atoms with Crippen LogP contribution in [0.1, 0.15) is 5.69 Å². The first-order valence-corrected chi connectivity index (χ1v) is 6.88. The van der Waals surface area contributed by atoms with Gasteiger partial charge in [-0.15, -0.1) is 0 Å². The van der Waals surface area contributed by atoms with Crippen LogP contribution in [0, 0.1) is 0 Å². The van der Waals surface area contributed by atoms with E-state index >= 15 is 0 Å². The van der Waals surface area contributed by atoms with Crippen LogP contribution < -0.4 is 5.73 Å². The van der Waals surface area contributed by atoms with Crippen LogP contribution in [0.5, 0.6) is 0 Å². The number of rotatable bonds is 2. The summed E-state index contributed by atoms with van der Waals surface area (Å²) in [5.74, 6) is 0. The first kappa shape index (κ1) is 12.4. The number of fused-ring (bicyclic) bond motifs is 1. The number of halogens is 1. The summed E-state index contributed by atoms with van der Waals surface area (Å²) < 4.78 is 4.93. The molecule has 0 saturated heterocycles. The Morgan fingerprint density at radius 3 is 2.68 bits per heavy atom. The molecule has 0 amide bonds. The van der Waals surface area contributed by atoms with E-state index in [9.17, 15) is 0 Å². The maximum absolute atomic E-state index is 5.76. The largest absolute Gasteiger partial charge is 0.350 e. The molecule has 4 nitrogen and oxygen atoms in total. The number of para-hydroxylation sites is 1. The van der Waals surface area contributed by atoms with Crippen molar-refractivity contribution >= 4 is 26.8 Å². The summed E-state index contributed by atoms with van der Waals surface area (Å²) in [6, 6.07) is 8.32. The van der Waals surface area contributed by atoms with E-state index in [0.29, 0.717) is 6.54 Å². The molecule has 1 aromatic carbocycles. The fourth-order valence-corrected chi connectivity index (χ4v) is 3.17. The summed E-state index contributed by atoms with van der Waals surface area (Å²) in [5.41, 5.74) is 10.0. The fraction of sp³-hybridized carbons (Fsp3) is 0.214. The van der Waals surface area contributed by atoms with E-state index in [-0.39, 0.29) is 0 Å². The Kier molecular flexibility index (Phi) is 2.95. The third-order valence-electron chi connectivity index (χ3n) is 3.45. The van der Waals surface area contributed by atoms with E-state index < -0.39 is 0 Å². The van der Waals surface area contributed by atoms with Gasteiger partial charge in [-0.05, 0) is 22.0 Å². The topological polar surface area (TPSA) is 48.8 Å². The van der Waals surface area contributed by atoms with Gasteiger partial charge in [0.25, 0.3) is 0 Å². The molecular weight excluding hydrogens is 304 g/mol. The molecule has 0 saturated carbocycles. The zero-order valence-electron chi connectivity index (χ0n) is 10.9. The molecule has 0 aliphatic rings. The molecule has 0 aliphatic heterocycles. The summed E-state index contributed by atoms with van der Waals surface area (Å²) >= 11 is 3.62. The van der Waals surface area contributed by atoms with Gasteiger partial charge in [0.2, 0.25) is 0 Å². The third kappa shape index (κ3) is 1.81. The van der Waals surface area contributed by atoms with Gasteiger partial charge in [-0.1, -0.05) is 18.2 Å². The van der Waals surface area contributed by atoms with E-state index in [1.54, 1.807) is 0 Å². The molecule has 5 heteroatoms. The quantitative estimate of drug-likeness (QED) is 0.789. The molecule has 0 atom stereocenters. The first-order chi connectivity index (χ1) is 9.13. The van der Waals surface area contributed by atoms with Gasteiger partial charge in [0, 0.05) is 43.3 Å². The Balaban J connectivity index is 2.31. The highest BCUT2D eigenvalue weighted by Gasteiger charge is 2.17. The van der Waals surface area contributed by atoms with E-state index in [2.05, 4.69) is 43.9 Å². The standard InChI is InChI=1S/C14H15BrN4/c1-18-8-10(9-5-3-4-6-11(9)18)14-13(15)12(7-16)19(2)17-14/h3-6,8H,7,16H2,1-2H3. The lowest BCUT2D eigenvalue weighted by molar-refractivity contribution is 0.713. The normalized spacial score (nSPS) is 11.4. The average Bonchev–Trinajstić information content (AvgIpc) is 2.88. The molecule has 0 fully saturated rings. The monoisotopic (exact) mass is 318 g/mol. The lowest BCUT2D eigenvalue weighted by Crippen LogP contribution is -2.04. The number of nitrogens with two attached hydrogens (primary N) is 1. The van der Waals surface area contributed by atoms with Crippen molar-refractivity contribution in [3.05, 3.63) is 40.6 Å². The zero-order valence-corrected chi connectivity index (χ0v) is 12.5. The van der Waals surface area contributed by atoms with Gasteiger partial charge in [0.05, 0.1) is 10.2 Å². The summed E-state index contributed by atoms with van der Waals surface area (Å²) in [7, 11) is 3.97. The molecule has 0 radical (unpaired) electrons. The van der Waals surface area contributed by atoms with Crippen molar-refractivity contribution in [2.24, 2.45) is 19.8 Å². The van der Waals surface area contributed by atoms with Crippen LogP contribution in [0.25, 0.3) is 22.2 Å². The van der Waals surface area contributed by atoms with E-state index in [1.165, 1.54) is 10.9 Å². The molecule has 3 aromatic rings. The highest BCUT2D eigenvalue weighted by Crippen LogP contribution is 2.35. The number of aryl methyl sites for hydroxylation is 2. The highest BCUT2D eigenvalue weighted by atomic mass is 79.9. The molecule has 2 heterocycles. The van der Waals surface area contributed by atoms with Crippen molar-refractivity contribution in [1.29, 1.82) is 0 Å². The summed E-state index contributed by atoms with van der Waals surface area (Å²) in [4.78, 5) is 0. The smallest absolute Gasteiger partial charge is 0.109 e. The van der Waals surface area contributed by atoms with Crippen molar-refractivity contribution in [3.8, 4) is 11.3 Å². The minimum atomic E-state index is 0.467. The molecule has 0 unspecified atom stereocenters. The number of hydrogen-bond donors (Lipinski definition) is 1. The minimum absolute atomic E-state index is 0.467. The Hall–Kier alpha value is -1.59. The van der Waals surface area contributed by atoms with Gasteiger partial charge in [0.15, 0.2) is 0 Å². The lowest BCUT2D eigenvalue weighted by Gasteiger charge is -1.96. The molecule has 19 heavy (non-hydrogen) atoms. The molecule has 0 spiro atoms. The number of aromatic nitrogens is 3. The van der Waals surface area contributed by atoms with Gasteiger partial charge in [-0.2, -0.15) is 5.10 Å². The van der Waals surface area contributed by atoms with E-state index in [1.807, 2.05) is 30.9 Å². The van der Waals surface area contributed by atoms with Crippen LogP contribution in [0.3, 0.4) is 0 Å². The number of nitrogens with zero attached hydrogens (tertiary/aromatic N) is 3. The molecule has 2 aromatic heterocycles. The molecular formula is C14H15BrN4.